The van der Waals surface area contributed by atoms with Crippen LogP contribution in [0.2, 0.25) is 0 Å². The molecule has 0 bridgehead atoms. The van der Waals surface area contributed by atoms with Gasteiger partial charge >= 0.3 is 0 Å². The van der Waals surface area contributed by atoms with Crippen LogP contribution < -0.4 is 15.2 Å². The molecule has 3 aromatic rings. The molecule has 3 N–H and O–H groups in total. The maximum absolute atomic E-state index is 5.81. The molecule has 1 aliphatic heterocycles. The van der Waals surface area contributed by atoms with Crippen molar-refractivity contribution in [2.75, 3.05) is 13.2 Å². The first-order valence-electron chi connectivity index (χ1n) is 8.09. The summed E-state index contributed by atoms with van der Waals surface area (Å²) < 4.78 is 13.0. The van der Waals surface area contributed by atoms with E-state index < -0.39 is 0 Å². The molecule has 1 aliphatic rings. The van der Waals surface area contributed by atoms with Crippen molar-refractivity contribution in [3.05, 3.63) is 41.5 Å². The SMILES string of the molecule is Cc1nc(Cc2nc(C(C)N)n[nH]2)n(-c2ccc3c(c2)OCCO3)n1.Cl.Cl. The molecule has 0 fully saturated rings. The molecule has 146 valence electrons. The van der Waals surface area contributed by atoms with Crippen LogP contribution in [-0.2, 0) is 6.42 Å². The molecule has 3 heterocycles. The standard InChI is InChI=1S/C16H19N7O2.2ClH/c1-9(17)16-19-14(20-21-16)8-15-18-10(2)22-23(15)11-3-4-12-13(7-11)25-6-5-24-12;;/h3-4,7,9H,5-6,8,17H2,1-2H3,(H,19,20,21);2*1H. The molecule has 0 spiro atoms. The van der Waals surface area contributed by atoms with E-state index in [-0.39, 0.29) is 30.9 Å². The predicted octanol–water partition coefficient (Wildman–Crippen LogP) is 1.92. The average molecular weight is 414 g/mol. The summed E-state index contributed by atoms with van der Waals surface area (Å²) in [6.45, 7) is 4.80. The fraction of sp³-hybridized carbons (Fsp3) is 0.375. The maximum Gasteiger partial charge on any atom is 0.167 e. The smallest absolute Gasteiger partial charge is 0.167 e. The highest BCUT2D eigenvalue weighted by Gasteiger charge is 2.17. The molecule has 4 rings (SSSR count). The number of fused-ring (bicyclic) bond motifs is 1. The summed E-state index contributed by atoms with van der Waals surface area (Å²) in [6.07, 6.45) is 0.467. The number of rotatable bonds is 4. The number of nitrogens with zero attached hydrogens (tertiary/aromatic N) is 5. The molecule has 0 saturated carbocycles. The minimum atomic E-state index is -0.220. The third-order valence-corrected chi connectivity index (χ3v) is 3.83. The van der Waals surface area contributed by atoms with Crippen LogP contribution in [0, 0.1) is 6.92 Å². The van der Waals surface area contributed by atoms with Crippen molar-refractivity contribution in [3.8, 4) is 17.2 Å². The molecule has 11 heteroatoms. The quantitative estimate of drug-likeness (QED) is 0.670. The molecule has 0 radical (unpaired) electrons. The summed E-state index contributed by atoms with van der Waals surface area (Å²) in [5.74, 6) is 4.15. The zero-order valence-corrected chi connectivity index (χ0v) is 16.5. The van der Waals surface area contributed by atoms with E-state index in [0.717, 1.165) is 17.3 Å². The molecule has 1 aromatic carbocycles. The number of nitrogens with one attached hydrogen (secondary N) is 1. The molecular formula is C16H21Cl2N7O2. The summed E-state index contributed by atoms with van der Waals surface area (Å²) in [4.78, 5) is 8.91. The summed E-state index contributed by atoms with van der Waals surface area (Å²) in [6, 6.07) is 5.49. The van der Waals surface area contributed by atoms with Gasteiger partial charge in [-0.2, -0.15) is 10.2 Å². The van der Waals surface area contributed by atoms with Crippen LogP contribution in [-0.4, -0.2) is 43.2 Å². The van der Waals surface area contributed by atoms with Crippen LogP contribution >= 0.6 is 24.8 Å². The summed E-state index contributed by atoms with van der Waals surface area (Å²) in [5.41, 5.74) is 6.66. The highest BCUT2D eigenvalue weighted by Crippen LogP contribution is 2.32. The Balaban J connectivity index is 0.00000131. The van der Waals surface area contributed by atoms with Gasteiger partial charge in [0.15, 0.2) is 17.3 Å². The first-order chi connectivity index (χ1) is 12.1. The van der Waals surface area contributed by atoms with E-state index in [0.29, 0.717) is 42.9 Å². The molecule has 27 heavy (non-hydrogen) atoms. The van der Waals surface area contributed by atoms with Gasteiger partial charge in [-0.15, -0.1) is 24.8 Å². The lowest BCUT2D eigenvalue weighted by atomic mass is 10.2. The Kier molecular flexibility index (Phi) is 6.63. The lowest BCUT2D eigenvalue weighted by molar-refractivity contribution is 0.171. The number of aromatic amines is 1. The number of aromatic nitrogens is 6. The largest absolute Gasteiger partial charge is 0.486 e. The summed E-state index contributed by atoms with van der Waals surface area (Å²) in [5, 5.41) is 11.5. The first-order valence-corrected chi connectivity index (χ1v) is 8.09. The number of hydrogen-bond donors (Lipinski definition) is 2. The third-order valence-electron chi connectivity index (χ3n) is 3.83. The lowest BCUT2D eigenvalue weighted by Crippen LogP contribution is -2.15. The van der Waals surface area contributed by atoms with Gasteiger partial charge in [-0.1, -0.05) is 0 Å². The Morgan fingerprint density at radius 1 is 1.19 bits per heavy atom. The molecule has 2 aromatic heterocycles. The third kappa shape index (κ3) is 4.32. The Bertz CT molecular complexity index is 910. The molecule has 1 unspecified atom stereocenters. The number of ether oxygens (including phenoxy) is 2. The maximum atomic E-state index is 5.81. The Morgan fingerprint density at radius 2 is 1.93 bits per heavy atom. The van der Waals surface area contributed by atoms with E-state index in [1.165, 1.54) is 0 Å². The van der Waals surface area contributed by atoms with Gasteiger partial charge in [0.1, 0.15) is 30.7 Å². The van der Waals surface area contributed by atoms with Crippen molar-refractivity contribution in [2.45, 2.75) is 26.3 Å². The van der Waals surface area contributed by atoms with Gasteiger partial charge in [-0.3, -0.25) is 5.10 Å². The lowest BCUT2D eigenvalue weighted by Gasteiger charge is -2.19. The Hall–Kier alpha value is -2.36. The second-order valence-corrected chi connectivity index (χ2v) is 5.92. The van der Waals surface area contributed by atoms with Crippen molar-refractivity contribution in [1.29, 1.82) is 0 Å². The zero-order chi connectivity index (χ0) is 17.4. The predicted molar refractivity (Wildman–Crippen MR) is 103 cm³/mol. The van der Waals surface area contributed by atoms with Gasteiger partial charge in [0.2, 0.25) is 0 Å². The zero-order valence-electron chi connectivity index (χ0n) is 14.9. The number of hydrogen-bond acceptors (Lipinski definition) is 7. The molecule has 0 saturated heterocycles. The fourth-order valence-corrected chi connectivity index (χ4v) is 2.69. The van der Waals surface area contributed by atoms with Crippen molar-refractivity contribution in [1.82, 2.24) is 29.9 Å². The van der Waals surface area contributed by atoms with Crippen LogP contribution in [0.25, 0.3) is 5.69 Å². The summed E-state index contributed by atoms with van der Waals surface area (Å²) in [7, 11) is 0. The van der Waals surface area contributed by atoms with E-state index >= 15 is 0 Å². The number of nitrogens with two attached hydrogens (primary N) is 1. The minimum Gasteiger partial charge on any atom is -0.486 e. The van der Waals surface area contributed by atoms with Gasteiger partial charge in [-0.25, -0.2) is 14.6 Å². The fourth-order valence-electron chi connectivity index (χ4n) is 2.69. The molecular weight excluding hydrogens is 393 g/mol. The van der Waals surface area contributed by atoms with Crippen LogP contribution in [0.3, 0.4) is 0 Å². The molecule has 1 atom stereocenters. The number of aryl methyl sites for hydroxylation is 1. The van der Waals surface area contributed by atoms with Gasteiger partial charge in [0.25, 0.3) is 0 Å². The van der Waals surface area contributed by atoms with Crippen molar-refractivity contribution < 1.29 is 9.47 Å². The highest BCUT2D eigenvalue weighted by molar-refractivity contribution is 5.85. The number of benzene rings is 1. The monoisotopic (exact) mass is 413 g/mol. The van der Waals surface area contributed by atoms with Crippen LogP contribution in [0.15, 0.2) is 18.2 Å². The second kappa shape index (κ2) is 8.55. The topological polar surface area (TPSA) is 117 Å². The van der Waals surface area contributed by atoms with E-state index in [2.05, 4.69) is 25.3 Å². The van der Waals surface area contributed by atoms with Crippen LogP contribution in [0.4, 0.5) is 0 Å². The summed E-state index contributed by atoms with van der Waals surface area (Å²) >= 11 is 0. The number of halogens is 2. The normalized spacial score (nSPS) is 13.4. The second-order valence-electron chi connectivity index (χ2n) is 5.92. The van der Waals surface area contributed by atoms with Gasteiger partial charge in [-0.05, 0) is 26.0 Å². The number of H-pyrrole nitrogens is 1. The van der Waals surface area contributed by atoms with Crippen molar-refractivity contribution in [3.63, 3.8) is 0 Å². The van der Waals surface area contributed by atoms with Crippen molar-refractivity contribution >= 4 is 24.8 Å². The van der Waals surface area contributed by atoms with E-state index in [4.69, 9.17) is 15.2 Å². The van der Waals surface area contributed by atoms with E-state index in [1.807, 2.05) is 32.0 Å². The molecule has 0 amide bonds. The molecule has 9 nitrogen and oxygen atoms in total. The van der Waals surface area contributed by atoms with Gasteiger partial charge in [0, 0.05) is 6.07 Å². The minimum absolute atomic E-state index is 0. The van der Waals surface area contributed by atoms with Crippen LogP contribution in [0.5, 0.6) is 11.5 Å². The van der Waals surface area contributed by atoms with Crippen LogP contribution in [0.1, 0.15) is 36.3 Å². The van der Waals surface area contributed by atoms with E-state index in [9.17, 15) is 0 Å². The average Bonchev–Trinajstić information content (AvgIpc) is 3.21. The van der Waals surface area contributed by atoms with Gasteiger partial charge < -0.3 is 15.2 Å². The Morgan fingerprint density at radius 3 is 2.63 bits per heavy atom. The highest BCUT2D eigenvalue weighted by atomic mass is 35.5. The van der Waals surface area contributed by atoms with Crippen molar-refractivity contribution in [2.24, 2.45) is 5.73 Å². The Labute approximate surface area is 168 Å². The van der Waals surface area contributed by atoms with E-state index in [1.54, 1.807) is 4.68 Å². The first kappa shape index (κ1) is 20.9. The molecule has 0 aliphatic carbocycles. The van der Waals surface area contributed by atoms with Gasteiger partial charge in [0.05, 0.1) is 18.2 Å².